The maximum atomic E-state index is 12.2. The molecule has 112 valence electrons. The molecule has 0 radical (unpaired) electrons. The van der Waals surface area contributed by atoms with Crippen molar-refractivity contribution in [2.24, 2.45) is 0 Å². The Kier molecular flexibility index (Phi) is 5.16. The summed E-state index contributed by atoms with van der Waals surface area (Å²) < 4.78 is 5.44. The van der Waals surface area contributed by atoms with Crippen LogP contribution in [-0.2, 0) is 0 Å². The molecule has 1 saturated carbocycles. The van der Waals surface area contributed by atoms with E-state index in [-0.39, 0.29) is 17.3 Å². The number of hydrogen-bond donors (Lipinski definition) is 2. The van der Waals surface area contributed by atoms with Crippen LogP contribution in [0.2, 0.25) is 0 Å². The number of thioether (sulfide) groups is 1. The van der Waals surface area contributed by atoms with Crippen molar-refractivity contribution in [3.05, 3.63) is 29.3 Å². The molecule has 0 aromatic heterocycles. The number of hydrogen-bond acceptors (Lipinski definition) is 4. The Hall–Kier alpha value is -1.64. The highest BCUT2D eigenvalue weighted by Gasteiger charge is 2.41. The minimum atomic E-state index is -0.226. The van der Waals surface area contributed by atoms with Crippen molar-refractivity contribution in [1.82, 2.24) is 5.32 Å². The average Bonchev–Trinajstić information content (AvgIpc) is 3.31. The van der Waals surface area contributed by atoms with Gasteiger partial charge in [0.15, 0.2) is 0 Å². The third kappa shape index (κ3) is 3.93. The van der Waals surface area contributed by atoms with E-state index in [0.29, 0.717) is 23.4 Å². The summed E-state index contributed by atoms with van der Waals surface area (Å²) in [6, 6.07) is 5.13. The van der Waals surface area contributed by atoms with Gasteiger partial charge >= 0.3 is 0 Å². The third-order valence-electron chi connectivity index (χ3n) is 3.58. The molecular formula is C16H19NO3S. The molecule has 0 bridgehead atoms. The lowest BCUT2D eigenvalue weighted by Gasteiger charge is -2.13. The lowest BCUT2D eigenvalue weighted by atomic mass is 10.1. The number of carbonyl (C=O) groups excluding carboxylic acids is 1. The second kappa shape index (κ2) is 6.88. The first-order valence-corrected chi connectivity index (χ1v) is 7.98. The first kappa shape index (κ1) is 15.7. The topological polar surface area (TPSA) is 58.6 Å². The van der Waals surface area contributed by atoms with E-state index in [4.69, 9.17) is 9.84 Å². The normalized spacial score (nSPS) is 14.8. The molecule has 1 aromatic rings. The monoisotopic (exact) mass is 305 g/mol. The number of nitrogens with one attached hydrogen (secondary N) is 1. The summed E-state index contributed by atoms with van der Waals surface area (Å²) in [6.45, 7) is 0.465. The minimum absolute atomic E-state index is 0.106. The van der Waals surface area contributed by atoms with Gasteiger partial charge in [-0.1, -0.05) is 11.8 Å². The number of aliphatic hydroxyl groups excluding tert-OH is 1. The van der Waals surface area contributed by atoms with Crippen LogP contribution in [0.15, 0.2) is 18.2 Å². The number of ether oxygens (including phenoxy) is 1. The zero-order valence-electron chi connectivity index (χ0n) is 12.2. The van der Waals surface area contributed by atoms with Crippen molar-refractivity contribution < 1.29 is 14.6 Å². The maximum absolute atomic E-state index is 12.2. The van der Waals surface area contributed by atoms with Gasteiger partial charge in [-0.3, -0.25) is 4.79 Å². The first-order valence-electron chi connectivity index (χ1n) is 6.75. The van der Waals surface area contributed by atoms with Crippen LogP contribution in [0.1, 0.15) is 28.8 Å². The summed E-state index contributed by atoms with van der Waals surface area (Å²) in [4.78, 5) is 12.2. The number of aliphatic hydroxyl groups is 1. The molecule has 0 heterocycles. The fourth-order valence-electron chi connectivity index (χ4n) is 2.02. The molecule has 0 spiro atoms. The largest absolute Gasteiger partial charge is 0.495 e. The molecule has 1 fully saturated rings. The fraction of sp³-hybridized carbons (Fsp3) is 0.438. The average molecular weight is 305 g/mol. The molecule has 21 heavy (non-hydrogen) atoms. The molecule has 0 unspecified atom stereocenters. The van der Waals surface area contributed by atoms with Crippen molar-refractivity contribution in [2.45, 2.75) is 17.6 Å². The Morgan fingerprint density at radius 3 is 2.86 bits per heavy atom. The Labute approximate surface area is 129 Å². The Morgan fingerprint density at radius 1 is 1.52 bits per heavy atom. The van der Waals surface area contributed by atoms with E-state index in [0.717, 1.165) is 12.8 Å². The summed E-state index contributed by atoms with van der Waals surface area (Å²) in [5, 5.41) is 11.8. The van der Waals surface area contributed by atoms with Crippen molar-refractivity contribution in [3.63, 3.8) is 0 Å². The van der Waals surface area contributed by atoms with Crippen molar-refractivity contribution >= 4 is 17.7 Å². The third-order valence-corrected chi connectivity index (χ3v) is 4.99. The van der Waals surface area contributed by atoms with Gasteiger partial charge in [-0.2, -0.15) is 11.8 Å². The molecular weight excluding hydrogens is 286 g/mol. The molecule has 1 aromatic carbocycles. The van der Waals surface area contributed by atoms with Gasteiger partial charge in [-0.25, -0.2) is 0 Å². The SMILES string of the molecule is COc1ccc(C(=O)NCC2(SC)CC2)cc1C#CCO. The summed E-state index contributed by atoms with van der Waals surface area (Å²) in [5.41, 5.74) is 1.15. The van der Waals surface area contributed by atoms with Crippen LogP contribution in [0.25, 0.3) is 0 Å². The van der Waals surface area contributed by atoms with Gasteiger partial charge in [0.05, 0.1) is 12.7 Å². The Balaban J connectivity index is 2.10. The van der Waals surface area contributed by atoms with Crippen LogP contribution in [0.4, 0.5) is 0 Å². The summed E-state index contributed by atoms with van der Waals surface area (Å²) in [5.74, 6) is 5.85. The standard InChI is InChI=1S/C16H19NO3S/c1-20-14-6-5-13(10-12(14)4-3-9-18)15(19)17-11-16(21-2)7-8-16/h5-6,10,18H,7-9,11H2,1-2H3,(H,17,19). The molecule has 0 atom stereocenters. The molecule has 1 aliphatic rings. The minimum Gasteiger partial charge on any atom is -0.495 e. The molecule has 2 rings (SSSR count). The van der Waals surface area contributed by atoms with Crippen molar-refractivity contribution in [3.8, 4) is 17.6 Å². The zero-order chi connectivity index (χ0) is 15.3. The van der Waals surface area contributed by atoms with Crippen LogP contribution >= 0.6 is 11.8 Å². The van der Waals surface area contributed by atoms with Gasteiger partial charge in [-0.05, 0) is 37.3 Å². The van der Waals surface area contributed by atoms with Crippen LogP contribution in [0.5, 0.6) is 5.75 Å². The second-order valence-electron chi connectivity index (χ2n) is 4.94. The van der Waals surface area contributed by atoms with Gasteiger partial charge in [0.1, 0.15) is 12.4 Å². The Morgan fingerprint density at radius 2 is 2.29 bits per heavy atom. The van der Waals surface area contributed by atoms with Crippen molar-refractivity contribution in [1.29, 1.82) is 0 Å². The predicted octanol–water partition coefficient (Wildman–Crippen LogP) is 1.66. The molecule has 1 aliphatic carbocycles. The second-order valence-corrected chi connectivity index (χ2v) is 6.22. The van der Waals surface area contributed by atoms with E-state index in [9.17, 15) is 4.79 Å². The van der Waals surface area contributed by atoms with E-state index in [2.05, 4.69) is 23.4 Å². The van der Waals surface area contributed by atoms with Gasteiger partial charge in [0.2, 0.25) is 0 Å². The molecule has 2 N–H and O–H groups in total. The van der Waals surface area contributed by atoms with Gasteiger partial charge in [0, 0.05) is 16.9 Å². The summed E-state index contributed by atoms with van der Waals surface area (Å²) >= 11 is 1.81. The van der Waals surface area contributed by atoms with E-state index in [1.165, 1.54) is 0 Å². The first-order chi connectivity index (χ1) is 10.1. The van der Waals surface area contributed by atoms with E-state index >= 15 is 0 Å². The zero-order valence-corrected chi connectivity index (χ0v) is 13.0. The van der Waals surface area contributed by atoms with E-state index in [1.54, 1.807) is 25.3 Å². The van der Waals surface area contributed by atoms with Crippen LogP contribution in [0.3, 0.4) is 0 Å². The number of methoxy groups -OCH3 is 1. The molecule has 0 aliphatic heterocycles. The highest BCUT2D eigenvalue weighted by atomic mass is 32.2. The van der Waals surface area contributed by atoms with Crippen LogP contribution < -0.4 is 10.1 Å². The van der Waals surface area contributed by atoms with E-state index < -0.39 is 0 Å². The molecule has 0 saturated heterocycles. The van der Waals surface area contributed by atoms with Gasteiger partial charge in [-0.15, -0.1) is 0 Å². The number of rotatable bonds is 5. The smallest absolute Gasteiger partial charge is 0.251 e. The lowest BCUT2D eigenvalue weighted by Crippen LogP contribution is -2.31. The van der Waals surface area contributed by atoms with E-state index in [1.807, 2.05) is 11.8 Å². The summed E-state index contributed by atoms with van der Waals surface area (Å²) in [7, 11) is 1.55. The van der Waals surface area contributed by atoms with Gasteiger partial charge < -0.3 is 15.2 Å². The molecule has 1 amide bonds. The number of carbonyl (C=O) groups is 1. The number of amides is 1. The van der Waals surface area contributed by atoms with Crippen LogP contribution in [0, 0.1) is 11.8 Å². The highest BCUT2D eigenvalue weighted by molar-refractivity contribution is 8.00. The Bertz CT molecular complexity index is 585. The predicted molar refractivity (Wildman–Crippen MR) is 84.8 cm³/mol. The number of benzene rings is 1. The maximum Gasteiger partial charge on any atom is 0.251 e. The molecule has 5 heteroatoms. The van der Waals surface area contributed by atoms with Crippen molar-refractivity contribution in [2.75, 3.05) is 26.5 Å². The highest BCUT2D eigenvalue weighted by Crippen LogP contribution is 2.46. The quantitative estimate of drug-likeness (QED) is 0.813. The van der Waals surface area contributed by atoms with Gasteiger partial charge in [0.25, 0.3) is 5.91 Å². The molecule has 4 nitrogen and oxygen atoms in total. The fourth-order valence-corrected chi connectivity index (χ4v) is 2.74. The lowest BCUT2D eigenvalue weighted by molar-refractivity contribution is 0.0953. The van der Waals surface area contributed by atoms with Crippen LogP contribution in [-0.4, -0.2) is 42.3 Å². The summed E-state index contributed by atoms with van der Waals surface area (Å²) in [6.07, 6.45) is 4.39.